The number of halogens is 1. The summed E-state index contributed by atoms with van der Waals surface area (Å²) in [5, 5.41) is 10.9. The van der Waals surface area contributed by atoms with Crippen molar-refractivity contribution in [3.63, 3.8) is 0 Å². The Hall–Kier alpha value is -2.27. The molecule has 2 aromatic rings. The molecule has 1 N–H and O–H groups in total. The molecule has 0 saturated heterocycles. The first-order valence-electron chi connectivity index (χ1n) is 8.12. The number of aromatic nitrogens is 1. The Kier molecular flexibility index (Phi) is 4.90. The highest BCUT2D eigenvalue weighted by atomic mass is 19.1. The molecule has 1 aromatic heterocycles. The second-order valence-electron chi connectivity index (χ2n) is 6.26. The smallest absolute Gasteiger partial charge is 0.316 e. The fourth-order valence-electron chi connectivity index (χ4n) is 3.32. The molecule has 0 bridgehead atoms. The number of ether oxygens (including phenoxy) is 1. The molecule has 3 rings (SSSR count). The summed E-state index contributed by atoms with van der Waals surface area (Å²) in [4.78, 5) is 16.7. The van der Waals surface area contributed by atoms with E-state index in [0.29, 0.717) is 18.4 Å². The van der Waals surface area contributed by atoms with Crippen molar-refractivity contribution in [2.24, 2.45) is 0 Å². The van der Waals surface area contributed by atoms with E-state index in [1.807, 2.05) is 6.07 Å². The van der Waals surface area contributed by atoms with Gasteiger partial charge in [-0.05, 0) is 36.6 Å². The molecule has 5 heteroatoms. The fourth-order valence-corrected chi connectivity index (χ4v) is 3.32. The van der Waals surface area contributed by atoms with Crippen LogP contribution in [0.1, 0.15) is 42.7 Å². The van der Waals surface area contributed by atoms with Gasteiger partial charge in [0.1, 0.15) is 18.3 Å². The van der Waals surface area contributed by atoms with Gasteiger partial charge < -0.3 is 9.84 Å². The van der Waals surface area contributed by atoms with Gasteiger partial charge in [0.05, 0.1) is 5.60 Å². The minimum absolute atomic E-state index is 0.0977. The van der Waals surface area contributed by atoms with Gasteiger partial charge in [-0.1, -0.05) is 31.0 Å². The van der Waals surface area contributed by atoms with E-state index in [-0.39, 0.29) is 12.4 Å². The van der Waals surface area contributed by atoms with Gasteiger partial charge in [0.2, 0.25) is 0 Å². The minimum Gasteiger partial charge on any atom is -0.460 e. The monoisotopic (exact) mass is 329 g/mol. The van der Waals surface area contributed by atoms with E-state index < -0.39 is 17.5 Å². The number of benzene rings is 1. The number of carbonyl (C=O) groups excluding carboxylic acids is 1. The van der Waals surface area contributed by atoms with Crippen molar-refractivity contribution in [3.05, 3.63) is 65.7 Å². The Morgan fingerprint density at radius 3 is 2.58 bits per heavy atom. The number of hydrogen-bond acceptors (Lipinski definition) is 4. The van der Waals surface area contributed by atoms with Crippen LogP contribution in [-0.2, 0) is 16.1 Å². The number of nitrogens with zero attached hydrogens (tertiary/aromatic N) is 1. The molecule has 4 nitrogen and oxygen atoms in total. The second-order valence-corrected chi connectivity index (χ2v) is 6.26. The van der Waals surface area contributed by atoms with Gasteiger partial charge in [0, 0.05) is 18.0 Å². The van der Waals surface area contributed by atoms with Gasteiger partial charge in [0.25, 0.3) is 0 Å². The van der Waals surface area contributed by atoms with Crippen molar-refractivity contribution >= 4 is 5.97 Å². The normalized spacial score (nSPS) is 17.4. The van der Waals surface area contributed by atoms with E-state index in [9.17, 15) is 14.3 Å². The first kappa shape index (κ1) is 16.6. The molecule has 1 saturated carbocycles. The van der Waals surface area contributed by atoms with Gasteiger partial charge in [0.15, 0.2) is 0 Å². The van der Waals surface area contributed by atoms with Crippen LogP contribution in [-0.4, -0.2) is 21.7 Å². The van der Waals surface area contributed by atoms with E-state index in [2.05, 4.69) is 4.98 Å². The summed E-state index contributed by atoms with van der Waals surface area (Å²) in [7, 11) is 0. The Bertz CT molecular complexity index is 682. The van der Waals surface area contributed by atoms with Crippen molar-refractivity contribution in [1.29, 1.82) is 0 Å². The molecule has 126 valence electrons. The summed E-state index contributed by atoms with van der Waals surface area (Å²) in [6.07, 6.45) is 6.08. The first-order valence-corrected chi connectivity index (χ1v) is 8.12. The van der Waals surface area contributed by atoms with E-state index in [1.165, 1.54) is 12.1 Å². The number of pyridine rings is 1. The number of aliphatic hydroxyl groups is 1. The molecule has 1 aromatic carbocycles. The van der Waals surface area contributed by atoms with Crippen LogP contribution >= 0.6 is 0 Å². The van der Waals surface area contributed by atoms with Gasteiger partial charge in [-0.2, -0.15) is 0 Å². The van der Waals surface area contributed by atoms with Gasteiger partial charge in [-0.15, -0.1) is 0 Å². The molecule has 1 unspecified atom stereocenters. The van der Waals surface area contributed by atoms with Crippen molar-refractivity contribution in [3.8, 4) is 0 Å². The summed E-state index contributed by atoms with van der Waals surface area (Å²) >= 11 is 0. The molecule has 0 spiro atoms. The van der Waals surface area contributed by atoms with Crippen LogP contribution in [0.2, 0.25) is 0 Å². The molecule has 0 radical (unpaired) electrons. The van der Waals surface area contributed by atoms with Crippen molar-refractivity contribution in [2.75, 3.05) is 0 Å². The minimum atomic E-state index is -1.14. The van der Waals surface area contributed by atoms with E-state index in [1.54, 1.807) is 30.6 Å². The third-order valence-electron chi connectivity index (χ3n) is 4.55. The highest BCUT2D eigenvalue weighted by molar-refractivity contribution is 5.80. The Morgan fingerprint density at radius 1 is 1.25 bits per heavy atom. The third kappa shape index (κ3) is 3.62. The zero-order valence-electron chi connectivity index (χ0n) is 13.3. The number of hydrogen-bond donors (Lipinski definition) is 1. The van der Waals surface area contributed by atoms with E-state index in [0.717, 1.165) is 18.4 Å². The Labute approximate surface area is 140 Å². The zero-order valence-corrected chi connectivity index (χ0v) is 13.3. The SMILES string of the molecule is O=C(OCc1cccnc1)C(c1ccc(F)cc1)C1(O)CCCC1. The lowest BCUT2D eigenvalue weighted by Gasteiger charge is -2.31. The quantitative estimate of drug-likeness (QED) is 0.855. The summed E-state index contributed by atoms with van der Waals surface area (Å²) in [5.74, 6) is -1.67. The maximum absolute atomic E-state index is 13.2. The average Bonchev–Trinajstić information content (AvgIpc) is 3.03. The maximum atomic E-state index is 13.2. The highest BCUT2D eigenvalue weighted by Gasteiger charge is 2.45. The van der Waals surface area contributed by atoms with Crippen LogP contribution in [0.25, 0.3) is 0 Å². The predicted molar refractivity (Wildman–Crippen MR) is 86.6 cm³/mol. The van der Waals surface area contributed by atoms with Crippen molar-refractivity contribution in [2.45, 2.75) is 43.8 Å². The van der Waals surface area contributed by atoms with Gasteiger partial charge in [-0.3, -0.25) is 9.78 Å². The largest absolute Gasteiger partial charge is 0.460 e. The van der Waals surface area contributed by atoms with Crippen molar-refractivity contribution in [1.82, 2.24) is 4.98 Å². The molecule has 0 aliphatic heterocycles. The van der Waals surface area contributed by atoms with Crippen molar-refractivity contribution < 1.29 is 19.0 Å². The maximum Gasteiger partial charge on any atom is 0.316 e. The number of carbonyl (C=O) groups is 1. The highest BCUT2D eigenvalue weighted by Crippen LogP contribution is 2.42. The Morgan fingerprint density at radius 2 is 1.96 bits per heavy atom. The second kappa shape index (κ2) is 7.09. The lowest BCUT2D eigenvalue weighted by Crippen LogP contribution is -2.39. The molecule has 1 aliphatic carbocycles. The van der Waals surface area contributed by atoms with Crippen LogP contribution in [0.5, 0.6) is 0 Å². The lowest BCUT2D eigenvalue weighted by molar-refractivity contribution is -0.154. The Balaban J connectivity index is 1.81. The molecule has 1 heterocycles. The molecule has 0 amide bonds. The number of esters is 1. The zero-order chi connectivity index (χ0) is 17.0. The lowest BCUT2D eigenvalue weighted by atomic mass is 9.80. The standard InChI is InChI=1S/C19H20FNO3/c20-16-7-5-15(6-8-16)17(19(23)9-1-2-10-19)18(22)24-13-14-4-3-11-21-12-14/h3-8,11-12,17,23H,1-2,9-10,13H2. The molecular weight excluding hydrogens is 309 g/mol. The van der Waals surface area contributed by atoms with Gasteiger partial charge in [-0.25, -0.2) is 4.39 Å². The summed E-state index contributed by atoms with van der Waals surface area (Å²) in [6.45, 7) is 0.0977. The number of rotatable bonds is 5. The molecule has 1 atom stereocenters. The molecule has 1 aliphatic rings. The topological polar surface area (TPSA) is 59.4 Å². The van der Waals surface area contributed by atoms with E-state index >= 15 is 0 Å². The summed E-state index contributed by atoms with van der Waals surface area (Å²) in [6, 6.07) is 9.27. The van der Waals surface area contributed by atoms with Crippen LogP contribution in [0, 0.1) is 5.82 Å². The van der Waals surface area contributed by atoms with Crippen LogP contribution < -0.4 is 0 Å². The fraction of sp³-hybridized carbons (Fsp3) is 0.368. The predicted octanol–water partition coefficient (Wildman–Crippen LogP) is 3.35. The summed E-state index contributed by atoms with van der Waals surface area (Å²) in [5.41, 5.74) is 0.225. The van der Waals surface area contributed by atoms with Gasteiger partial charge >= 0.3 is 5.97 Å². The van der Waals surface area contributed by atoms with Crippen LogP contribution in [0.15, 0.2) is 48.8 Å². The third-order valence-corrected chi connectivity index (χ3v) is 4.55. The molecule has 24 heavy (non-hydrogen) atoms. The summed E-state index contributed by atoms with van der Waals surface area (Å²) < 4.78 is 18.6. The molecular formula is C19H20FNO3. The van der Waals surface area contributed by atoms with Crippen LogP contribution in [0.3, 0.4) is 0 Å². The van der Waals surface area contributed by atoms with E-state index in [4.69, 9.17) is 4.74 Å². The first-order chi connectivity index (χ1) is 11.6. The van der Waals surface area contributed by atoms with Crippen LogP contribution in [0.4, 0.5) is 4.39 Å². The molecule has 1 fully saturated rings. The average molecular weight is 329 g/mol.